The fourth-order valence-corrected chi connectivity index (χ4v) is 4.91. The van der Waals surface area contributed by atoms with Gasteiger partial charge in [0.1, 0.15) is 30.3 Å². The van der Waals surface area contributed by atoms with Gasteiger partial charge in [-0.15, -0.1) is 0 Å². The van der Waals surface area contributed by atoms with E-state index in [-0.39, 0.29) is 24.5 Å². The number of rotatable bonds is 8. The molecule has 1 aliphatic rings. The van der Waals surface area contributed by atoms with Gasteiger partial charge in [-0.05, 0) is 66.7 Å². The minimum Gasteiger partial charge on any atom is -0.489 e. The second-order valence-corrected chi connectivity index (χ2v) is 10.7. The van der Waals surface area contributed by atoms with Crippen LogP contribution in [-0.2, 0) is 22.8 Å². The molecule has 11 heteroatoms. The van der Waals surface area contributed by atoms with E-state index in [4.69, 9.17) is 55.9 Å². The van der Waals surface area contributed by atoms with Gasteiger partial charge < -0.3 is 9.47 Å². The molecule has 0 aliphatic carbocycles. The van der Waals surface area contributed by atoms with E-state index >= 15 is 0 Å². The average Bonchev–Trinajstić information content (AvgIpc) is 2.96. The number of urea groups is 1. The number of halogens is 4. The summed E-state index contributed by atoms with van der Waals surface area (Å²) in [6, 6.07) is 22.5. The maximum absolute atomic E-state index is 13.5. The van der Waals surface area contributed by atoms with Crippen molar-refractivity contribution in [2.45, 2.75) is 13.2 Å². The molecule has 42 heavy (non-hydrogen) atoms. The number of ether oxygens (including phenoxy) is 2. The van der Waals surface area contributed by atoms with Crippen molar-refractivity contribution in [2.75, 3.05) is 4.90 Å². The first kappa shape index (κ1) is 29.5. The summed E-state index contributed by atoms with van der Waals surface area (Å²) >= 11 is 24.6. The monoisotopic (exact) mass is 640 g/mol. The summed E-state index contributed by atoms with van der Waals surface area (Å²) in [5.41, 5.74) is 1.79. The lowest BCUT2D eigenvalue weighted by molar-refractivity contribution is -0.122. The normalized spacial score (nSPS) is 14.2. The van der Waals surface area contributed by atoms with E-state index in [0.717, 1.165) is 10.5 Å². The summed E-state index contributed by atoms with van der Waals surface area (Å²) < 4.78 is 11.7. The molecule has 7 nitrogen and oxygen atoms in total. The molecule has 0 aromatic heterocycles. The smallest absolute Gasteiger partial charge is 0.335 e. The molecule has 1 heterocycles. The third-order valence-electron chi connectivity index (χ3n) is 6.22. The molecule has 4 aromatic carbocycles. The lowest BCUT2D eigenvalue weighted by atomic mass is 10.1. The third kappa shape index (κ3) is 6.72. The van der Waals surface area contributed by atoms with Crippen molar-refractivity contribution in [2.24, 2.45) is 0 Å². The van der Waals surface area contributed by atoms with Crippen LogP contribution < -0.4 is 19.7 Å². The number of carbonyl (C=O) groups is 3. The predicted octanol–water partition coefficient (Wildman–Crippen LogP) is 8.12. The van der Waals surface area contributed by atoms with E-state index in [2.05, 4.69) is 5.32 Å². The third-order valence-corrected chi connectivity index (χ3v) is 7.41. The molecule has 0 saturated carbocycles. The molecule has 1 N–H and O–H groups in total. The van der Waals surface area contributed by atoms with E-state index in [1.54, 1.807) is 54.6 Å². The molecule has 5 rings (SSSR count). The molecule has 0 atom stereocenters. The van der Waals surface area contributed by atoms with Crippen molar-refractivity contribution >= 4 is 76.0 Å². The van der Waals surface area contributed by atoms with Gasteiger partial charge in [0.05, 0.1) is 5.69 Å². The lowest BCUT2D eigenvalue weighted by Gasteiger charge is -2.26. The second-order valence-electron chi connectivity index (χ2n) is 9.04. The number of anilines is 1. The van der Waals surface area contributed by atoms with Crippen LogP contribution in [0.5, 0.6) is 11.5 Å². The van der Waals surface area contributed by atoms with Gasteiger partial charge in [-0.1, -0.05) is 70.7 Å². The van der Waals surface area contributed by atoms with Gasteiger partial charge in [0.25, 0.3) is 11.8 Å². The van der Waals surface area contributed by atoms with Gasteiger partial charge in [0.2, 0.25) is 0 Å². The van der Waals surface area contributed by atoms with Gasteiger partial charge in [0, 0.05) is 36.8 Å². The van der Waals surface area contributed by atoms with E-state index < -0.39 is 17.8 Å². The summed E-state index contributed by atoms with van der Waals surface area (Å²) in [7, 11) is 0. The number of benzene rings is 4. The molecule has 1 aliphatic heterocycles. The van der Waals surface area contributed by atoms with Crippen molar-refractivity contribution in [1.29, 1.82) is 0 Å². The number of hydrogen-bond acceptors (Lipinski definition) is 5. The van der Waals surface area contributed by atoms with Gasteiger partial charge in [-0.25, -0.2) is 9.69 Å². The summed E-state index contributed by atoms with van der Waals surface area (Å²) in [5.74, 6) is -0.841. The molecule has 1 fully saturated rings. The van der Waals surface area contributed by atoms with E-state index in [1.807, 2.05) is 18.2 Å². The number of carbonyl (C=O) groups excluding carboxylic acids is 3. The summed E-state index contributed by atoms with van der Waals surface area (Å²) in [6.07, 6.45) is 1.32. The van der Waals surface area contributed by atoms with E-state index in [0.29, 0.717) is 42.7 Å². The highest BCUT2D eigenvalue weighted by atomic mass is 35.5. The fourth-order valence-electron chi connectivity index (χ4n) is 4.07. The Morgan fingerprint density at radius 2 is 1.38 bits per heavy atom. The second kappa shape index (κ2) is 12.9. The minimum absolute atomic E-state index is 0.0868. The molecule has 4 aromatic rings. The van der Waals surface area contributed by atoms with Gasteiger partial charge in [-0.3, -0.25) is 14.9 Å². The predicted molar refractivity (Wildman–Crippen MR) is 163 cm³/mol. The summed E-state index contributed by atoms with van der Waals surface area (Å²) in [5, 5.41) is 4.05. The largest absolute Gasteiger partial charge is 0.489 e. The number of imide groups is 2. The van der Waals surface area contributed by atoms with Crippen molar-refractivity contribution in [3.05, 3.63) is 127 Å². The average molecular weight is 642 g/mol. The molecular weight excluding hydrogens is 622 g/mol. The van der Waals surface area contributed by atoms with Crippen LogP contribution in [-0.4, -0.2) is 17.8 Å². The Morgan fingerprint density at radius 3 is 2.12 bits per heavy atom. The van der Waals surface area contributed by atoms with Crippen molar-refractivity contribution in [1.82, 2.24) is 5.32 Å². The maximum Gasteiger partial charge on any atom is 0.335 e. The van der Waals surface area contributed by atoms with E-state index in [1.165, 1.54) is 18.2 Å². The lowest BCUT2D eigenvalue weighted by Crippen LogP contribution is -2.54. The summed E-state index contributed by atoms with van der Waals surface area (Å²) in [6.45, 7) is 0.321. The zero-order valence-electron chi connectivity index (χ0n) is 21.6. The highest BCUT2D eigenvalue weighted by molar-refractivity contribution is 6.39. The number of amides is 4. The Kier molecular flexibility index (Phi) is 9.04. The molecule has 0 spiro atoms. The Balaban J connectivity index is 1.37. The quantitative estimate of drug-likeness (QED) is 0.155. The first-order valence-electron chi connectivity index (χ1n) is 12.4. The Bertz CT molecular complexity index is 1720. The zero-order chi connectivity index (χ0) is 29.8. The Labute approximate surface area is 261 Å². The van der Waals surface area contributed by atoms with Crippen LogP contribution in [0.1, 0.15) is 16.7 Å². The van der Waals surface area contributed by atoms with Crippen LogP contribution >= 0.6 is 46.4 Å². The molecule has 1 saturated heterocycles. The fraction of sp³-hybridized carbons (Fsp3) is 0.0645. The van der Waals surface area contributed by atoms with Crippen molar-refractivity contribution in [3.8, 4) is 11.5 Å². The first-order chi connectivity index (χ1) is 20.2. The molecule has 0 unspecified atom stereocenters. The van der Waals surface area contributed by atoms with E-state index in [9.17, 15) is 14.4 Å². The van der Waals surface area contributed by atoms with Gasteiger partial charge >= 0.3 is 6.03 Å². The highest BCUT2D eigenvalue weighted by Crippen LogP contribution is 2.30. The Morgan fingerprint density at radius 1 is 0.714 bits per heavy atom. The van der Waals surface area contributed by atoms with Crippen LogP contribution in [0.2, 0.25) is 20.1 Å². The number of nitrogens with one attached hydrogen (secondary N) is 1. The van der Waals surface area contributed by atoms with Crippen LogP contribution in [0.3, 0.4) is 0 Å². The SMILES string of the molecule is O=C1NC(=O)N(c2ccc(OCc3ccccc3Cl)cc2)C(=O)/C1=C/c1cc(Cl)ccc1OCc1ccc(Cl)cc1Cl. The van der Waals surface area contributed by atoms with Crippen LogP contribution in [0.4, 0.5) is 10.5 Å². The minimum atomic E-state index is -0.883. The maximum atomic E-state index is 13.5. The number of hydrogen-bond donors (Lipinski definition) is 1. The molecule has 212 valence electrons. The van der Waals surface area contributed by atoms with Crippen LogP contribution in [0.15, 0.2) is 90.5 Å². The van der Waals surface area contributed by atoms with Crippen LogP contribution in [0, 0.1) is 0 Å². The van der Waals surface area contributed by atoms with Crippen LogP contribution in [0.25, 0.3) is 6.08 Å². The topological polar surface area (TPSA) is 84.9 Å². The van der Waals surface area contributed by atoms with Gasteiger partial charge in [-0.2, -0.15) is 0 Å². The zero-order valence-corrected chi connectivity index (χ0v) is 24.6. The first-order valence-corrected chi connectivity index (χ1v) is 13.9. The van der Waals surface area contributed by atoms with Crippen molar-refractivity contribution < 1.29 is 23.9 Å². The molecular formula is C31H20Cl4N2O5. The van der Waals surface area contributed by atoms with Crippen molar-refractivity contribution in [3.63, 3.8) is 0 Å². The Hall–Kier alpha value is -4.01. The number of barbiturate groups is 1. The molecule has 0 bridgehead atoms. The summed E-state index contributed by atoms with van der Waals surface area (Å²) in [4.78, 5) is 39.8. The standard InChI is InChI=1S/C31H20Cl4N2O5/c32-21-7-12-28(42-17-19-5-6-22(33)15-27(19)35)20(13-21)14-25-29(38)36-31(40)37(30(25)39)23-8-10-24(11-9-23)41-16-18-3-1-2-4-26(18)34/h1-15H,16-17H2,(H,36,38,40)/b25-14+. The van der Waals surface area contributed by atoms with Gasteiger partial charge in [0.15, 0.2) is 0 Å². The highest BCUT2D eigenvalue weighted by Gasteiger charge is 2.37. The molecule has 0 radical (unpaired) electrons. The number of nitrogens with zero attached hydrogens (tertiary/aromatic N) is 1. The molecule has 4 amide bonds.